The summed E-state index contributed by atoms with van der Waals surface area (Å²) in [6.07, 6.45) is 0. The zero-order chi connectivity index (χ0) is 23.8. The maximum absolute atomic E-state index is 10.4. The Kier molecular flexibility index (Phi) is 7.55. The molecule has 175 valence electrons. The van der Waals surface area contributed by atoms with E-state index in [2.05, 4.69) is 80.6 Å². The standard InChI is InChI=1S/C24H18N.C6H10O2.Ir/c1-24(2)20-9-5-4-8-18(20)19-13-11-17(15-21(19)24)23-14-12-16-7-3-6-10-22(16)25-23;1-4(5(2)7)6(3)8;/h3-10,12-15H,1-2H3;7H,1-3H3;/q-1;;/b;5-4-;. The van der Waals surface area contributed by atoms with Gasteiger partial charge in [0.05, 0.1) is 11.3 Å². The van der Waals surface area contributed by atoms with Gasteiger partial charge in [0.15, 0.2) is 5.78 Å². The number of aliphatic hydroxyl groups excluding tert-OH is 1. The third-order valence-corrected chi connectivity index (χ3v) is 6.46. The van der Waals surface area contributed by atoms with E-state index in [-0.39, 0.29) is 37.1 Å². The second kappa shape index (κ2) is 10.0. The number of hydrogen-bond donors (Lipinski definition) is 1. The van der Waals surface area contributed by atoms with E-state index < -0.39 is 0 Å². The number of carbonyl (C=O) groups excluding carboxylic acids is 1. The van der Waals surface area contributed by atoms with E-state index in [0.717, 1.165) is 16.8 Å². The van der Waals surface area contributed by atoms with Crippen molar-refractivity contribution in [2.75, 3.05) is 0 Å². The Morgan fingerprint density at radius 2 is 1.56 bits per heavy atom. The van der Waals surface area contributed by atoms with Crippen LogP contribution in [-0.2, 0) is 30.3 Å². The number of aliphatic hydroxyl groups is 1. The Labute approximate surface area is 214 Å². The summed E-state index contributed by atoms with van der Waals surface area (Å²) in [5, 5.41) is 9.82. The Morgan fingerprint density at radius 3 is 2.24 bits per heavy atom. The smallest absolute Gasteiger partial charge is 0.158 e. The van der Waals surface area contributed by atoms with Crippen molar-refractivity contribution in [3.05, 3.63) is 101 Å². The fourth-order valence-corrected chi connectivity index (χ4v) is 4.26. The van der Waals surface area contributed by atoms with Gasteiger partial charge in [-0.1, -0.05) is 79.6 Å². The van der Waals surface area contributed by atoms with Gasteiger partial charge >= 0.3 is 0 Å². The molecule has 1 aliphatic carbocycles. The van der Waals surface area contributed by atoms with Crippen molar-refractivity contribution in [2.24, 2.45) is 0 Å². The summed E-state index contributed by atoms with van der Waals surface area (Å²) in [6.45, 7) is 9.12. The minimum absolute atomic E-state index is 0. The number of aromatic nitrogens is 1. The number of nitrogens with zero attached hydrogens (tertiary/aromatic N) is 1. The molecule has 0 fully saturated rings. The predicted molar refractivity (Wildman–Crippen MR) is 135 cm³/mol. The van der Waals surface area contributed by atoms with E-state index in [0.29, 0.717) is 5.57 Å². The molecule has 1 heterocycles. The van der Waals surface area contributed by atoms with Gasteiger partial charge in [-0.15, -0.1) is 29.3 Å². The van der Waals surface area contributed by atoms with Crippen molar-refractivity contribution in [3.63, 3.8) is 0 Å². The molecule has 0 unspecified atom stereocenters. The van der Waals surface area contributed by atoms with Gasteiger partial charge in [0.2, 0.25) is 0 Å². The van der Waals surface area contributed by atoms with E-state index in [1.807, 2.05) is 12.1 Å². The minimum atomic E-state index is -0.0787. The normalized spacial score (nSPS) is 13.6. The second-order valence-electron chi connectivity index (χ2n) is 9.00. The number of para-hydroxylation sites is 1. The first-order chi connectivity index (χ1) is 15.7. The third kappa shape index (κ3) is 4.75. The predicted octanol–water partition coefficient (Wildman–Crippen LogP) is 7.43. The Hall–Kier alpha value is -3.07. The van der Waals surface area contributed by atoms with Crippen molar-refractivity contribution in [2.45, 2.75) is 40.0 Å². The second-order valence-corrected chi connectivity index (χ2v) is 9.00. The zero-order valence-electron chi connectivity index (χ0n) is 20.1. The molecule has 1 aliphatic rings. The van der Waals surface area contributed by atoms with Crippen LogP contribution < -0.4 is 0 Å². The van der Waals surface area contributed by atoms with Gasteiger partial charge in [0.1, 0.15) is 0 Å². The Bertz CT molecular complexity index is 1400. The summed E-state index contributed by atoms with van der Waals surface area (Å²) < 4.78 is 0. The molecule has 5 rings (SSSR count). The number of Topliss-reactive ketones (excluding diaryl/α,β-unsaturated/α-hetero) is 1. The number of benzene rings is 3. The van der Waals surface area contributed by atoms with Crippen LogP contribution in [0.25, 0.3) is 33.3 Å². The molecule has 0 bridgehead atoms. The number of rotatable bonds is 2. The molecule has 1 N–H and O–H groups in total. The quantitative estimate of drug-likeness (QED) is 0.143. The molecule has 0 saturated heterocycles. The molecule has 0 spiro atoms. The van der Waals surface area contributed by atoms with Crippen LogP contribution in [0.4, 0.5) is 0 Å². The summed E-state index contributed by atoms with van der Waals surface area (Å²) in [7, 11) is 0. The molecule has 0 saturated carbocycles. The van der Waals surface area contributed by atoms with Crippen LogP contribution >= 0.6 is 0 Å². The molecule has 1 radical (unpaired) electrons. The summed E-state index contributed by atoms with van der Waals surface area (Å²) >= 11 is 0. The molecule has 0 aliphatic heterocycles. The van der Waals surface area contributed by atoms with E-state index in [9.17, 15) is 4.79 Å². The van der Waals surface area contributed by atoms with Crippen molar-refractivity contribution in [1.82, 2.24) is 4.98 Å². The number of carbonyl (C=O) groups is 1. The van der Waals surface area contributed by atoms with Gasteiger partial charge in [-0.3, -0.25) is 9.78 Å². The molecule has 0 atom stereocenters. The first-order valence-corrected chi connectivity index (χ1v) is 11.1. The molecule has 3 aromatic carbocycles. The van der Waals surface area contributed by atoms with Crippen LogP contribution in [0, 0.1) is 6.07 Å². The van der Waals surface area contributed by atoms with Crippen molar-refractivity contribution < 1.29 is 30.0 Å². The van der Waals surface area contributed by atoms with E-state index in [1.54, 1.807) is 6.92 Å². The fourth-order valence-electron chi connectivity index (χ4n) is 4.26. The fraction of sp³-hybridized carbons (Fsp3) is 0.200. The summed E-state index contributed by atoms with van der Waals surface area (Å²) in [5.74, 6) is 0.0301. The molecule has 0 amide bonds. The first-order valence-electron chi connectivity index (χ1n) is 11.1. The molecule has 34 heavy (non-hydrogen) atoms. The number of pyridine rings is 1. The molecular formula is C30H28IrNO2-. The van der Waals surface area contributed by atoms with E-state index in [4.69, 9.17) is 10.1 Å². The van der Waals surface area contributed by atoms with Gasteiger partial charge in [-0.25, -0.2) is 0 Å². The van der Waals surface area contributed by atoms with Crippen molar-refractivity contribution in [1.29, 1.82) is 0 Å². The van der Waals surface area contributed by atoms with Crippen LogP contribution in [0.15, 0.2) is 84.1 Å². The monoisotopic (exact) mass is 627 g/mol. The van der Waals surface area contributed by atoms with Gasteiger partial charge in [-0.2, -0.15) is 0 Å². The average Bonchev–Trinajstić information content (AvgIpc) is 3.05. The Morgan fingerprint density at radius 1 is 0.882 bits per heavy atom. The zero-order valence-corrected chi connectivity index (χ0v) is 22.5. The largest absolute Gasteiger partial charge is 0.512 e. The minimum Gasteiger partial charge on any atom is -0.512 e. The molecule has 3 nitrogen and oxygen atoms in total. The van der Waals surface area contributed by atoms with Crippen LogP contribution in [-0.4, -0.2) is 15.9 Å². The van der Waals surface area contributed by atoms with Gasteiger partial charge < -0.3 is 5.11 Å². The van der Waals surface area contributed by atoms with Crippen LogP contribution in [0.2, 0.25) is 0 Å². The Balaban J connectivity index is 0.000000314. The first kappa shape index (κ1) is 25.6. The number of allylic oxidation sites excluding steroid dienone is 2. The van der Waals surface area contributed by atoms with Crippen molar-refractivity contribution in [3.8, 4) is 22.4 Å². The van der Waals surface area contributed by atoms with Crippen molar-refractivity contribution >= 4 is 16.7 Å². The molecule has 4 heteroatoms. The molecule has 4 aromatic rings. The number of fused-ring (bicyclic) bond motifs is 4. The summed E-state index contributed by atoms with van der Waals surface area (Å²) in [6, 6.07) is 29.0. The van der Waals surface area contributed by atoms with Gasteiger partial charge in [0.25, 0.3) is 0 Å². The number of hydrogen-bond acceptors (Lipinski definition) is 3. The molecular weight excluding hydrogens is 599 g/mol. The maximum Gasteiger partial charge on any atom is 0.158 e. The number of ketones is 1. The SMILES string of the molecule is CC(=O)/C(C)=C(/C)O.CC1(C)c2ccccc2-c2c[c-]c(-c3ccc4ccccc4n3)cc21.[Ir]. The topological polar surface area (TPSA) is 50.2 Å². The van der Waals surface area contributed by atoms with Gasteiger partial charge in [-0.05, 0) is 48.9 Å². The van der Waals surface area contributed by atoms with Crippen LogP contribution in [0.5, 0.6) is 0 Å². The van der Waals surface area contributed by atoms with Crippen LogP contribution in [0.3, 0.4) is 0 Å². The maximum atomic E-state index is 10.4. The summed E-state index contributed by atoms with van der Waals surface area (Å²) in [4.78, 5) is 15.2. The van der Waals surface area contributed by atoms with E-state index in [1.165, 1.54) is 41.5 Å². The van der Waals surface area contributed by atoms with Gasteiger partial charge in [0, 0.05) is 25.7 Å². The summed E-state index contributed by atoms with van der Waals surface area (Å²) in [5.41, 5.74) is 8.88. The van der Waals surface area contributed by atoms with E-state index >= 15 is 0 Å². The third-order valence-electron chi connectivity index (χ3n) is 6.46. The molecule has 1 aromatic heterocycles. The van der Waals surface area contributed by atoms with Crippen LogP contribution in [0.1, 0.15) is 45.7 Å². The average molecular weight is 627 g/mol.